The van der Waals surface area contributed by atoms with Gasteiger partial charge in [0.15, 0.2) is 5.16 Å². The second-order valence-electron chi connectivity index (χ2n) is 4.58. The fourth-order valence-electron chi connectivity index (χ4n) is 1.97. The van der Waals surface area contributed by atoms with Crippen LogP contribution in [0.2, 0.25) is 10.0 Å². The fourth-order valence-corrected chi connectivity index (χ4v) is 3.12. The highest BCUT2D eigenvalue weighted by molar-refractivity contribution is 7.99. The van der Waals surface area contributed by atoms with E-state index in [4.69, 9.17) is 23.2 Å². The molecule has 1 atom stereocenters. The topological polar surface area (TPSA) is 48.9 Å². The van der Waals surface area contributed by atoms with Gasteiger partial charge in [-0.05, 0) is 35.9 Å². The number of aliphatic hydroxyl groups is 1. The molecule has 3 rings (SSSR count). The van der Waals surface area contributed by atoms with E-state index in [2.05, 4.69) is 9.97 Å². The van der Waals surface area contributed by atoms with Gasteiger partial charge in [0.2, 0.25) is 0 Å². The number of benzene rings is 2. The van der Waals surface area contributed by atoms with Crippen molar-refractivity contribution < 1.29 is 5.11 Å². The van der Waals surface area contributed by atoms with E-state index in [1.54, 1.807) is 12.1 Å². The highest BCUT2D eigenvalue weighted by Gasteiger charge is 2.10. The quantitative estimate of drug-likeness (QED) is 0.678. The second-order valence-corrected chi connectivity index (χ2v) is 6.46. The highest BCUT2D eigenvalue weighted by atomic mass is 35.5. The molecule has 0 saturated carbocycles. The molecule has 2 aromatic carbocycles. The molecule has 0 aliphatic carbocycles. The summed E-state index contributed by atoms with van der Waals surface area (Å²) in [4.78, 5) is 7.64. The Morgan fingerprint density at radius 2 is 1.81 bits per heavy atom. The smallest absolute Gasteiger partial charge is 0.166 e. The minimum Gasteiger partial charge on any atom is -0.388 e. The van der Waals surface area contributed by atoms with Crippen molar-refractivity contribution >= 4 is 46.0 Å². The van der Waals surface area contributed by atoms with Gasteiger partial charge in [-0.25, -0.2) is 4.98 Å². The molecule has 21 heavy (non-hydrogen) atoms. The summed E-state index contributed by atoms with van der Waals surface area (Å²) in [6, 6.07) is 12.7. The van der Waals surface area contributed by atoms with Crippen molar-refractivity contribution in [2.75, 3.05) is 5.75 Å². The van der Waals surface area contributed by atoms with Crippen molar-refractivity contribution in [3.05, 3.63) is 58.1 Å². The van der Waals surface area contributed by atoms with E-state index in [9.17, 15) is 5.11 Å². The average Bonchev–Trinajstić information content (AvgIpc) is 2.87. The molecular formula is C15H12Cl2N2OS. The van der Waals surface area contributed by atoms with E-state index in [0.29, 0.717) is 15.8 Å². The molecule has 3 nitrogen and oxygen atoms in total. The normalized spacial score (nSPS) is 12.7. The van der Waals surface area contributed by atoms with Gasteiger partial charge in [-0.15, -0.1) is 0 Å². The van der Waals surface area contributed by atoms with Crippen LogP contribution in [0.3, 0.4) is 0 Å². The first-order valence-corrected chi connectivity index (χ1v) is 8.07. The molecule has 0 spiro atoms. The third-order valence-electron chi connectivity index (χ3n) is 3.05. The zero-order valence-corrected chi connectivity index (χ0v) is 13.2. The van der Waals surface area contributed by atoms with Gasteiger partial charge in [0.05, 0.1) is 17.1 Å². The predicted octanol–water partition coefficient (Wildman–Crippen LogP) is 4.70. The maximum atomic E-state index is 10.2. The molecule has 0 radical (unpaired) electrons. The van der Waals surface area contributed by atoms with E-state index >= 15 is 0 Å². The molecular weight excluding hydrogens is 327 g/mol. The lowest BCUT2D eigenvalue weighted by Gasteiger charge is -2.09. The van der Waals surface area contributed by atoms with Gasteiger partial charge < -0.3 is 10.1 Å². The van der Waals surface area contributed by atoms with Crippen molar-refractivity contribution in [3.8, 4) is 0 Å². The van der Waals surface area contributed by atoms with Crippen LogP contribution >= 0.6 is 35.0 Å². The van der Waals surface area contributed by atoms with Crippen molar-refractivity contribution in [2.24, 2.45) is 0 Å². The Morgan fingerprint density at radius 3 is 2.57 bits per heavy atom. The molecule has 0 unspecified atom stereocenters. The molecule has 0 saturated heterocycles. The number of halogens is 2. The summed E-state index contributed by atoms with van der Waals surface area (Å²) in [5.41, 5.74) is 2.60. The summed E-state index contributed by atoms with van der Waals surface area (Å²) in [5.74, 6) is 0.509. The van der Waals surface area contributed by atoms with Crippen LogP contribution in [0.4, 0.5) is 0 Å². The number of aromatic amines is 1. The van der Waals surface area contributed by atoms with E-state index in [0.717, 1.165) is 21.8 Å². The molecule has 1 aromatic heterocycles. The van der Waals surface area contributed by atoms with Crippen molar-refractivity contribution in [1.29, 1.82) is 0 Å². The van der Waals surface area contributed by atoms with Gasteiger partial charge in [-0.1, -0.05) is 47.1 Å². The maximum Gasteiger partial charge on any atom is 0.166 e. The van der Waals surface area contributed by atoms with Crippen LogP contribution in [0.15, 0.2) is 47.6 Å². The van der Waals surface area contributed by atoms with Gasteiger partial charge in [0.1, 0.15) is 0 Å². The van der Waals surface area contributed by atoms with Crippen molar-refractivity contribution in [3.63, 3.8) is 0 Å². The first-order chi connectivity index (χ1) is 10.1. The number of hydrogen-bond acceptors (Lipinski definition) is 3. The Balaban J connectivity index is 1.69. The van der Waals surface area contributed by atoms with Crippen LogP contribution < -0.4 is 0 Å². The number of nitrogens with zero attached hydrogens (tertiary/aromatic N) is 1. The molecule has 0 aliphatic heterocycles. The summed E-state index contributed by atoms with van der Waals surface area (Å²) < 4.78 is 0. The summed E-state index contributed by atoms with van der Waals surface area (Å²) >= 11 is 13.2. The van der Waals surface area contributed by atoms with Gasteiger partial charge in [-0.3, -0.25) is 0 Å². The number of rotatable bonds is 4. The maximum absolute atomic E-state index is 10.2. The number of nitrogens with one attached hydrogen (secondary N) is 1. The number of aromatic nitrogens is 2. The Morgan fingerprint density at radius 1 is 1.10 bits per heavy atom. The van der Waals surface area contributed by atoms with Crippen molar-refractivity contribution in [2.45, 2.75) is 11.3 Å². The molecule has 3 aromatic rings. The van der Waals surface area contributed by atoms with E-state index in [-0.39, 0.29) is 0 Å². The third-order valence-corrected chi connectivity index (χ3v) is 4.49. The van der Waals surface area contributed by atoms with Crippen LogP contribution in [0, 0.1) is 0 Å². The van der Waals surface area contributed by atoms with E-state index in [1.807, 2.05) is 30.3 Å². The zero-order chi connectivity index (χ0) is 14.8. The number of hydrogen-bond donors (Lipinski definition) is 2. The van der Waals surface area contributed by atoms with Gasteiger partial charge in [0.25, 0.3) is 0 Å². The predicted molar refractivity (Wildman–Crippen MR) is 88.2 cm³/mol. The largest absolute Gasteiger partial charge is 0.388 e. The van der Waals surface area contributed by atoms with Crippen LogP contribution in [0.25, 0.3) is 11.0 Å². The lowest BCUT2D eigenvalue weighted by atomic mass is 10.1. The number of H-pyrrole nitrogens is 1. The standard InChI is InChI=1S/C15H12Cl2N2OS/c16-10-3-1-9(2-4-10)14(20)8-21-15-18-12-6-5-11(17)7-13(12)19-15/h1-7,14,20H,8H2,(H,18,19)/t14-/m0/s1. The molecule has 0 amide bonds. The van der Waals surface area contributed by atoms with Crippen LogP contribution in [-0.2, 0) is 0 Å². The molecule has 6 heteroatoms. The first-order valence-electron chi connectivity index (χ1n) is 6.33. The van der Waals surface area contributed by atoms with Crippen LogP contribution in [0.1, 0.15) is 11.7 Å². The number of aliphatic hydroxyl groups excluding tert-OH is 1. The van der Waals surface area contributed by atoms with Crippen LogP contribution in [-0.4, -0.2) is 20.8 Å². The summed E-state index contributed by atoms with van der Waals surface area (Å²) in [7, 11) is 0. The number of fused-ring (bicyclic) bond motifs is 1. The lowest BCUT2D eigenvalue weighted by molar-refractivity contribution is 0.204. The second kappa shape index (κ2) is 6.28. The summed E-state index contributed by atoms with van der Waals surface area (Å²) in [5, 5.41) is 12.3. The Hall–Kier alpha value is -1.20. The Labute approximate surface area is 136 Å². The minimum absolute atomic E-state index is 0.509. The molecule has 2 N–H and O–H groups in total. The summed E-state index contributed by atoms with van der Waals surface area (Å²) in [6.45, 7) is 0. The molecule has 0 fully saturated rings. The Bertz CT molecular complexity index is 758. The van der Waals surface area contributed by atoms with Gasteiger partial charge in [0, 0.05) is 15.8 Å². The first kappa shape index (κ1) is 14.7. The number of imidazole rings is 1. The third kappa shape index (κ3) is 3.52. The van der Waals surface area contributed by atoms with Crippen LogP contribution in [0.5, 0.6) is 0 Å². The number of thioether (sulfide) groups is 1. The lowest BCUT2D eigenvalue weighted by Crippen LogP contribution is -2.00. The van der Waals surface area contributed by atoms with Crippen molar-refractivity contribution in [1.82, 2.24) is 9.97 Å². The average molecular weight is 339 g/mol. The van der Waals surface area contributed by atoms with Gasteiger partial charge in [-0.2, -0.15) is 0 Å². The Kier molecular flexibility index (Phi) is 4.40. The minimum atomic E-state index is -0.566. The molecule has 1 heterocycles. The fraction of sp³-hybridized carbons (Fsp3) is 0.133. The summed E-state index contributed by atoms with van der Waals surface area (Å²) in [6.07, 6.45) is -0.566. The molecule has 0 bridgehead atoms. The zero-order valence-electron chi connectivity index (χ0n) is 10.9. The van der Waals surface area contributed by atoms with E-state index in [1.165, 1.54) is 11.8 Å². The highest BCUT2D eigenvalue weighted by Crippen LogP contribution is 2.26. The monoisotopic (exact) mass is 338 g/mol. The van der Waals surface area contributed by atoms with Gasteiger partial charge >= 0.3 is 0 Å². The van der Waals surface area contributed by atoms with E-state index < -0.39 is 6.10 Å². The molecule has 108 valence electrons. The molecule has 0 aliphatic rings. The SMILES string of the molecule is O[C@@H](CSc1nc2ccc(Cl)cc2[nH]1)c1ccc(Cl)cc1.